The second kappa shape index (κ2) is 7.33. The van der Waals surface area contributed by atoms with Crippen molar-refractivity contribution in [1.29, 1.82) is 0 Å². The van der Waals surface area contributed by atoms with Crippen molar-refractivity contribution in [2.24, 2.45) is 0 Å². The van der Waals surface area contributed by atoms with Gasteiger partial charge in [-0.1, -0.05) is 12.5 Å². The SMILES string of the molecule is Cc1nc(-c2ncc(C)[nH]2)cc([C@H]2CCCCN2Cc2cccnc2)n1. The highest BCUT2D eigenvalue weighted by atomic mass is 15.2. The molecule has 0 spiro atoms. The summed E-state index contributed by atoms with van der Waals surface area (Å²) >= 11 is 0. The van der Waals surface area contributed by atoms with Gasteiger partial charge in [0, 0.05) is 30.8 Å². The van der Waals surface area contributed by atoms with Crippen LogP contribution < -0.4 is 0 Å². The van der Waals surface area contributed by atoms with Gasteiger partial charge in [-0.3, -0.25) is 9.88 Å². The summed E-state index contributed by atoms with van der Waals surface area (Å²) in [5.74, 6) is 1.60. The number of aryl methyl sites for hydroxylation is 2. The first-order chi connectivity index (χ1) is 12.7. The smallest absolute Gasteiger partial charge is 0.156 e. The monoisotopic (exact) mass is 348 g/mol. The number of imidazole rings is 1. The third-order valence-corrected chi connectivity index (χ3v) is 4.87. The van der Waals surface area contributed by atoms with E-state index in [9.17, 15) is 0 Å². The van der Waals surface area contributed by atoms with Gasteiger partial charge in [-0.05, 0) is 50.9 Å². The van der Waals surface area contributed by atoms with Crippen LogP contribution in [-0.2, 0) is 6.54 Å². The van der Waals surface area contributed by atoms with Crippen molar-refractivity contribution < 1.29 is 0 Å². The molecule has 0 saturated carbocycles. The van der Waals surface area contributed by atoms with E-state index in [1.54, 1.807) is 0 Å². The van der Waals surface area contributed by atoms with Gasteiger partial charge in [-0.2, -0.15) is 0 Å². The summed E-state index contributed by atoms with van der Waals surface area (Å²) in [6.45, 7) is 5.94. The highest BCUT2D eigenvalue weighted by molar-refractivity contribution is 5.50. The molecule has 4 rings (SSSR count). The predicted molar refractivity (Wildman–Crippen MR) is 100 cm³/mol. The summed E-state index contributed by atoms with van der Waals surface area (Å²) in [7, 11) is 0. The van der Waals surface area contributed by atoms with Crippen molar-refractivity contribution in [3.63, 3.8) is 0 Å². The van der Waals surface area contributed by atoms with Gasteiger partial charge in [0.05, 0.1) is 11.7 Å². The first-order valence-corrected chi connectivity index (χ1v) is 9.19. The molecular formula is C20H24N6. The average Bonchev–Trinajstić information content (AvgIpc) is 3.09. The average molecular weight is 348 g/mol. The number of aromatic nitrogens is 5. The van der Waals surface area contributed by atoms with Crippen LogP contribution in [0, 0.1) is 13.8 Å². The summed E-state index contributed by atoms with van der Waals surface area (Å²) < 4.78 is 0. The van der Waals surface area contributed by atoms with Crippen molar-refractivity contribution in [3.8, 4) is 11.5 Å². The molecule has 0 unspecified atom stereocenters. The highest BCUT2D eigenvalue weighted by Crippen LogP contribution is 2.32. The minimum atomic E-state index is 0.306. The molecule has 1 atom stereocenters. The number of nitrogens with zero attached hydrogens (tertiary/aromatic N) is 5. The lowest BCUT2D eigenvalue weighted by atomic mass is 9.98. The molecule has 3 aromatic heterocycles. The van der Waals surface area contributed by atoms with E-state index in [1.807, 2.05) is 38.5 Å². The maximum atomic E-state index is 4.77. The van der Waals surface area contributed by atoms with Crippen LogP contribution in [0.15, 0.2) is 36.8 Å². The van der Waals surface area contributed by atoms with Gasteiger partial charge in [-0.15, -0.1) is 0 Å². The van der Waals surface area contributed by atoms with Crippen molar-refractivity contribution >= 4 is 0 Å². The van der Waals surface area contributed by atoms with Crippen molar-refractivity contribution in [2.75, 3.05) is 6.54 Å². The molecule has 1 fully saturated rings. The van der Waals surface area contributed by atoms with E-state index in [2.05, 4.69) is 37.0 Å². The molecule has 0 aliphatic carbocycles. The summed E-state index contributed by atoms with van der Waals surface area (Å²) in [6, 6.07) is 6.54. The molecule has 134 valence electrons. The third-order valence-electron chi connectivity index (χ3n) is 4.87. The molecule has 0 radical (unpaired) electrons. The zero-order chi connectivity index (χ0) is 17.9. The van der Waals surface area contributed by atoms with Crippen molar-refractivity contribution in [3.05, 3.63) is 59.6 Å². The van der Waals surface area contributed by atoms with Gasteiger partial charge in [0.2, 0.25) is 0 Å². The number of piperidine rings is 1. The second-order valence-electron chi connectivity index (χ2n) is 6.98. The summed E-state index contributed by atoms with van der Waals surface area (Å²) in [5, 5.41) is 0. The third kappa shape index (κ3) is 3.65. The zero-order valence-corrected chi connectivity index (χ0v) is 15.3. The quantitative estimate of drug-likeness (QED) is 0.780. The van der Waals surface area contributed by atoms with Gasteiger partial charge in [-0.25, -0.2) is 15.0 Å². The fraction of sp³-hybridized carbons (Fsp3) is 0.400. The zero-order valence-electron chi connectivity index (χ0n) is 15.3. The molecule has 26 heavy (non-hydrogen) atoms. The Morgan fingerprint density at radius 1 is 1.19 bits per heavy atom. The molecular weight excluding hydrogens is 324 g/mol. The Labute approximate surface area is 153 Å². The number of hydrogen-bond acceptors (Lipinski definition) is 5. The highest BCUT2D eigenvalue weighted by Gasteiger charge is 2.26. The van der Waals surface area contributed by atoms with Gasteiger partial charge in [0.25, 0.3) is 0 Å². The molecule has 1 aliphatic heterocycles. The Hall–Kier alpha value is -2.60. The van der Waals surface area contributed by atoms with Crippen LogP contribution in [0.5, 0.6) is 0 Å². The van der Waals surface area contributed by atoms with E-state index in [4.69, 9.17) is 4.98 Å². The summed E-state index contributed by atoms with van der Waals surface area (Å²) in [6.07, 6.45) is 9.18. The minimum absolute atomic E-state index is 0.306. The van der Waals surface area contributed by atoms with Crippen LogP contribution in [0.1, 0.15) is 48.1 Å². The first-order valence-electron chi connectivity index (χ1n) is 9.19. The van der Waals surface area contributed by atoms with Gasteiger partial charge < -0.3 is 4.98 Å². The van der Waals surface area contributed by atoms with E-state index in [0.29, 0.717) is 6.04 Å². The van der Waals surface area contributed by atoms with Crippen LogP contribution >= 0.6 is 0 Å². The summed E-state index contributed by atoms with van der Waals surface area (Å²) in [5.41, 5.74) is 4.23. The second-order valence-corrected chi connectivity index (χ2v) is 6.98. The van der Waals surface area contributed by atoms with Crippen LogP contribution in [0.25, 0.3) is 11.5 Å². The van der Waals surface area contributed by atoms with E-state index in [0.717, 1.165) is 48.2 Å². The number of hydrogen-bond donors (Lipinski definition) is 1. The fourth-order valence-corrected chi connectivity index (χ4v) is 3.67. The lowest BCUT2D eigenvalue weighted by Gasteiger charge is -2.35. The van der Waals surface area contributed by atoms with Crippen LogP contribution in [0.4, 0.5) is 0 Å². The molecule has 1 saturated heterocycles. The lowest BCUT2D eigenvalue weighted by molar-refractivity contribution is 0.137. The standard InChI is InChI=1S/C20H24N6/c1-14-11-22-20(23-14)18-10-17(24-15(2)25-18)19-7-3-4-9-26(19)13-16-6-5-8-21-12-16/h5-6,8,10-12,19H,3-4,7,9,13H2,1-2H3,(H,22,23)/t19-/m1/s1. The number of H-pyrrole nitrogens is 1. The van der Waals surface area contributed by atoms with Crippen molar-refractivity contribution in [1.82, 2.24) is 29.8 Å². The molecule has 0 amide bonds. The Bertz CT molecular complexity index is 873. The molecule has 3 aromatic rings. The molecule has 1 aliphatic rings. The molecule has 6 heteroatoms. The Morgan fingerprint density at radius 3 is 2.88 bits per heavy atom. The first kappa shape index (κ1) is 16.8. The van der Waals surface area contributed by atoms with Gasteiger partial charge >= 0.3 is 0 Å². The number of aromatic amines is 1. The minimum Gasteiger partial charge on any atom is -0.341 e. The molecule has 4 heterocycles. The Morgan fingerprint density at radius 2 is 2.12 bits per heavy atom. The Kier molecular flexibility index (Phi) is 4.75. The maximum absolute atomic E-state index is 4.77. The van der Waals surface area contributed by atoms with E-state index < -0.39 is 0 Å². The molecule has 0 bridgehead atoms. The van der Waals surface area contributed by atoms with E-state index >= 15 is 0 Å². The molecule has 6 nitrogen and oxygen atoms in total. The van der Waals surface area contributed by atoms with E-state index in [1.165, 1.54) is 18.4 Å². The lowest BCUT2D eigenvalue weighted by Crippen LogP contribution is -2.33. The molecule has 1 N–H and O–H groups in total. The molecule has 0 aromatic carbocycles. The summed E-state index contributed by atoms with van der Waals surface area (Å²) in [4.78, 5) is 23.8. The fourth-order valence-electron chi connectivity index (χ4n) is 3.67. The van der Waals surface area contributed by atoms with Gasteiger partial charge in [0.15, 0.2) is 5.82 Å². The van der Waals surface area contributed by atoms with Crippen LogP contribution in [0.2, 0.25) is 0 Å². The van der Waals surface area contributed by atoms with Crippen LogP contribution in [-0.4, -0.2) is 36.4 Å². The number of nitrogens with one attached hydrogen (secondary N) is 1. The topological polar surface area (TPSA) is 70.6 Å². The largest absolute Gasteiger partial charge is 0.341 e. The number of likely N-dealkylation sites (tertiary alicyclic amines) is 1. The van der Waals surface area contributed by atoms with E-state index in [-0.39, 0.29) is 0 Å². The number of rotatable bonds is 4. The maximum Gasteiger partial charge on any atom is 0.156 e. The predicted octanol–water partition coefficient (Wildman–Crippen LogP) is 3.61. The Balaban J connectivity index is 1.64. The van der Waals surface area contributed by atoms with Crippen LogP contribution in [0.3, 0.4) is 0 Å². The van der Waals surface area contributed by atoms with Gasteiger partial charge in [0.1, 0.15) is 11.5 Å². The van der Waals surface area contributed by atoms with Crippen molar-refractivity contribution in [2.45, 2.75) is 45.7 Å². The normalized spacial score (nSPS) is 18.2. The number of pyridine rings is 1.